The van der Waals surface area contributed by atoms with E-state index in [9.17, 15) is 4.79 Å². The van der Waals surface area contributed by atoms with Crippen LogP contribution in [-0.2, 0) is 0 Å². The number of benzene rings is 1. The summed E-state index contributed by atoms with van der Waals surface area (Å²) in [7, 11) is 0. The average Bonchev–Trinajstić information content (AvgIpc) is 2.38. The highest BCUT2D eigenvalue weighted by Gasteiger charge is 2.15. The zero-order valence-corrected chi connectivity index (χ0v) is 10.5. The monoisotopic (exact) mass is 251 g/mol. The lowest BCUT2D eigenvalue weighted by Gasteiger charge is -2.22. The van der Waals surface area contributed by atoms with Crippen LogP contribution in [0.25, 0.3) is 0 Å². The Bertz CT molecular complexity index is 389. The maximum Gasteiger partial charge on any atom is 0.337 e. The van der Waals surface area contributed by atoms with Gasteiger partial charge in [-0.05, 0) is 42.4 Å². The van der Waals surface area contributed by atoms with Crippen LogP contribution < -0.4 is 5.32 Å². The van der Waals surface area contributed by atoms with Gasteiger partial charge in [0.05, 0.1) is 5.56 Å². The van der Waals surface area contributed by atoms with E-state index in [2.05, 4.69) is 5.32 Å². The van der Waals surface area contributed by atoms with Gasteiger partial charge < -0.3 is 10.4 Å². The molecule has 0 spiro atoms. The van der Waals surface area contributed by atoms with Crippen molar-refractivity contribution in [1.82, 2.24) is 0 Å². The molecule has 4 heteroatoms. The van der Waals surface area contributed by atoms with Crippen molar-refractivity contribution in [2.45, 2.75) is 12.8 Å². The van der Waals surface area contributed by atoms with Gasteiger partial charge in [-0.15, -0.1) is 0 Å². The zero-order valence-electron chi connectivity index (χ0n) is 9.69. The van der Waals surface area contributed by atoms with Gasteiger partial charge in [0.25, 0.3) is 0 Å². The molecule has 1 heterocycles. The van der Waals surface area contributed by atoms with E-state index >= 15 is 0 Å². The Labute approximate surface area is 106 Å². The maximum absolute atomic E-state index is 11.0. The van der Waals surface area contributed by atoms with Gasteiger partial charge in [-0.1, -0.05) is 12.1 Å². The van der Waals surface area contributed by atoms with Crippen LogP contribution in [0.4, 0.5) is 5.69 Å². The molecule has 1 fully saturated rings. The molecule has 1 aromatic rings. The van der Waals surface area contributed by atoms with E-state index in [1.807, 2.05) is 23.9 Å². The van der Waals surface area contributed by atoms with Gasteiger partial charge >= 0.3 is 5.97 Å². The van der Waals surface area contributed by atoms with Gasteiger partial charge in [0.2, 0.25) is 0 Å². The van der Waals surface area contributed by atoms with Gasteiger partial charge in [-0.2, -0.15) is 11.8 Å². The molecule has 0 atom stereocenters. The first-order chi connectivity index (χ1) is 8.27. The van der Waals surface area contributed by atoms with E-state index in [4.69, 9.17) is 5.11 Å². The molecule has 0 unspecified atom stereocenters. The van der Waals surface area contributed by atoms with Crippen molar-refractivity contribution in [3.63, 3.8) is 0 Å². The highest BCUT2D eigenvalue weighted by atomic mass is 32.2. The van der Waals surface area contributed by atoms with E-state index in [-0.39, 0.29) is 0 Å². The topological polar surface area (TPSA) is 49.3 Å². The lowest BCUT2D eigenvalue weighted by Crippen LogP contribution is -2.20. The Morgan fingerprint density at radius 2 is 2.06 bits per heavy atom. The smallest absolute Gasteiger partial charge is 0.337 e. The molecular weight excluding hydrogens is 234 g/mol. The van der Waals surface area contributed by atoms with Crippen molar-refractivity contribution in [3.05, 3.63) is 29.8 Å². The summed E-state index contributed by atoms with van der Waals surface area (Å²) in [6.07, 6.45) is 2.46. The number of hydrogen-bond donors (Lipinski definition) is 2. The third-order valence-corrected chi connectivity index (χ3v) is 4.13. The summed E-state index contributed by atoms with van der Waals surface area (Å²) in [5.74, 6) is 2.27. The van der Waals surface area contributed by atoms with Crippen LogP contribution in [0.3, 0.4) is 0 Å². The molecule has 1 aromatic carbocycles. The molecule has 0 amide bonds. The van der Waals surface area contributed by atoms with E-state index < -0.39 is 5.97 Å². The second-order valence-electron chi connectivity index (χ2n) is 4.29. The normalized spacial score (nSPS) is 16.7. The molecule has 0 aromatic heterocycles. The Balaban J connectivity index is 1.96. The number of carbonyl (C=O) groups is 1. The van der Waals surface area contributed by atoms with Gasteiger partial charge in [0.15, 0.2) is 0 Å². The molecule has 1 saturated heterocycles. The number of hydrogen-bond acceptors (Lipinski definition) is 3. The predicted molar refractivity (Wildman–Crippen MR) is 71.9 cm³/mol. The fourth-order valence-corrected chi connectivity index (χ4v) is 3.23. The van der Waals surface area contributed by atoms with Crippen LogP contribution in [0.5, 0.6) is 0 Å². The largest absolute Gasteiger partial charge is 0.478 e. The molecular formula is C13H17NO2S. The number of carboxylic acids is 1. The number of nitrogens with one attached hydrogen (secondary N) is 1. The van der Waals surface area contributed by atoms with Crippen LogP contribution in [0.15, 0.2) is 24.3 Å². The second-order valence-corrected chi connectivity index (χ2v) is 5.51. The molecule has 0 aliphatic carbocycles. The van der Waals surface area contributed by atoms with E-state index in [1.165, 1.54) is 24.3 Å². The molecule has 92 valence electrons. The minimum absolute atomic E-state index is 0.359. The highest BCUT2D eigenvalue weighted by Crippen LogP contribution is 2.23. The third-order valence-electron chi connectivity index (χ3n) is 3.08. The predicted octanol–water partition coefficient (Wildman–Crippen LogP) is 2.94. The van der Waals surface area contributed by atoms with Crippen LogP contribution in [0, 0.1) is 5.92 Å². The molecule has 2 N–H and O–H groups in total. The Morgan fingerprint density at radius 1 is 1.35 bits per heavy atom. The van der Waals surface area contributed by atoms with Crippen LogP contribution >= 0.6 is 11.8 Å². The van der Waals surface area contributed by atoms with Crippen LogP contribution in [0.2, 0.25) is 0 Å². The molecule has 1 aliphatic heterocycles. The minimum Gasteiger partial charge on any atom is -0.478 e. The van der Waals surface area contributed by atoms with Gasteiger partial charge in [0.1, 0.15) is 0 Å². The molecule has 0 bridgehead atoms. The summed E-state index contributed by atoms with van der Waals surface area (Å²) < 4.78 is 0. The fraction of sp³-hybridized carbons (Fsp3) is 0.462. The van der Waals surface area contributed by atoms with Crippen LogP contribution in [-0.4, -0.2) is 29.1 Å². The summed E-state index contributed by atoms with van der Waals surface area (Å²) >= 11 is 2.01. The number of rotatable bonds is 4. The lowest BCUT2D eigenvalue weighted by molar-refractivity contribution is 0.0698. The summed E-state index contributed by atoms with van der Waals surface area (Å²) in [6.45, 7) is 0.880. The van der Waals surface area contributed by atoms with Crippen molar-refractivity contribution >= 4 is 23.4 Å². The molecule has 3 nitrogen and oxygen atoms in total. The lowest BCUT2D eigenvalue weighted by atomic mass is 10.0. The Morgan fingerprint density at radius 3 is 2.76 bits per heavy atom. The van der Waals surface area contributed by atoms with Crippen molar-refractivity contribution in [2.24, 2.45) is 5.92 Å². The van der Waals surface area contributed by atoms with E-state index in [0.717, 1.165) is 12.2 Å². The van der Waals surface area contributed by atoms with E-state index in [0.29, 0.717) is 11.5 Å². The quantitative estimate of drug-likeness (QED) is 0.864. The highest BCUT2D eigenvalue weighted by molar-refractivity contribution is 7.99. The molecule has 0 saturated carbocycles. The number of carboxylic acid groups (broad SMARTS) is 1. The molecule has 17 heavy (non-hydrogen) atoms. The first-order valence-electron chi connectivity index (χ1n) is 5.91. The average molecular weight is 251 g/mol. The summed E-state index contributed by atoms with van der Waals surface area (Å²) in [5, 5.41) is 12.3. The van der Waals surface area contributed by atoms with Crippen molar-refractivity contribution in [3.8, 4) is 0 Å². The minimum atomic E-state index is -0.868. The fourth-order valence-electron chi connectivity index (χ4n) is 2.03. The first kappa shape index (κ1) is 12.3. The molecule has 2 rings (SSSR count). The maximum atomic E-state index is 11.0. The van der Waals surface area contributed by atoms with Crippen molar-refractivity contribution in [1.29, 1.82) is 0 Å². The molecule has 0 radical (unpaired) electrons. The summed E-state index contributed by atoms with van der Waals surface area (Å²) in [5.41, 5.74) is 1.09. The van der Waals surface area contributed by atoms with Crippen LogP contribution in [0.1, 0.15) is 23.2 Å². The summed E-state index contributed by atoms with van der Waals surface area (Å²) in [4.78, 5) is 11.0. The second kappa shape index (κ2) is 5.96. The Kier molecular flexibility index (Phi) is 4.31. The first-order valence-corrected chi connectivity index (χ1v) is 7.07. The van der Waals surface area contributed by atoms with Crippen molar-refractivity contribution in [2.75, 3.05) is 23.4 Å². The number of thioether (sulfide) groups is 1. The SMILES string of the molecule is O=C(O)c1ccccc1NCC1CCSCC1. The number of aromatic carboxylic acids is 1. The van der Waals surface area contributed by atoms with Gasteiger partial charge in [-0.3, -0.25) is 0 Å². The standard InChI is InChI=1S/C13H17NO2S/c15-13(16)11-3-1-2-4-12(11)14-9-10-5-7-17-8-6-10/h1-4,10,14H,5-9H2,(H,15,16). The molecule has 1 aliphatic rings. The van der Waals surface area contributed by atoms with Gasteiger partial charge in [0, 0.05) is 12.2 Å². The zero-order chi connectivity index (χ0) is 12.1. The third kappa shape index (κ3) is 3.40. The van der Waals surface area contributed by atoms with E-state index in [1.54, 1.807) is 12.1 Å². The van der Waals surface area contributed by atoms with Crippen molar-refractivity contribution < 1.29 is 9.90 Å². The van der Waals surface area contributed by atoms with Gasteiger partial charge in [-0.25, -0.2) is 4.79 Å². The number of para-hydroxylation sites is 1. The Hall–Kier alpha value is -1.16. The number of anilines is 1. The summed E-state index contributed by atoms with van der Waals surface area (Å²) in [6, 6.07) is 7.10.